The number of hydrogen-bond acceptors (Lipinski definition) is 4. The highest BCUT2D eigenvalue weighted by Crippen LogP contribution is 2.05. The lowest BCUT2D eigenvalue weighted by Gasteiger charge is -2.13. The lowest BCUT2D eigenvalue weighted by Crippen LogP contribution is -2.20. The Hall–Kier alpha value is -1.71. The summed E-state index contributed by atoms with van der Waals surface area (Å²) in [4.78, 5) is 11.0. The van der Waals surface area contributed by atoms with E-state index in [1.165, 1.54) is 6.08 Å². The predicted octanol–water partition coefficient (Wildman–Crippen LogP) is 1.12. The molecule has 82 valence electrons. The third-order valence-electron chi connectivity index (χ3n) is 1.86. The second-order valence-electron chi connectivity index (χ2n) is 2.92. The number of rotatable bonds is 4. The highest BCUT2D eigenvalue weighted by atomic mass is 16.5. The number of methoxy groups -OCH3 is 1. The fraction of sp³-hybridized carbons (Fsp3) is 0.364. The number of hydrogen-bond donors (Lipinski definition) is 1. The van der Waals surface area contributed by atoms with Crippen LogP contribution in [-0.4, -0.2) is 26.2 Å². The molecule has 0 fully saturated rings. The van der Waals surface area contributed by atoms with Gasteiger partial charge in [0.25, 0.3) is 0 Å². The van der Waals surface area contributed by atoms with Gasteiger partial charge in [-0.25, -0.2) is 4.79 Å². The number of nitrogens with one attached hydrogen (secondary N) is 1. The maximum absolute atomic E-state index is 11.0. The van der Waals surface area contributed by atoms with E-state index in [4.69, 9.17) is 9.47 Å². The first-order valence-electron chi connectivity index (χ1n) is 4.79. The first kappa shape index (κ1) is 11.4. The summed E-state index contributed by atoms with van der Waals surface area (Å²) in [5.74, 6) is 0.406. The maximum Gasteiger partial charge on any atom is 0.330 e. The van der Waals surface area contributed by atoms with Gasteiger partial charge in [-0.15, -0.1) is 0 Å². The number of allylic oxidation sites excluding steroid dienone is 2. The Morgan fingerprint density at radius 1 is 1.60 bits per heavy atom. The molecule has 0 amide bonds. The Bertz CT molecular complexity index is 316. The van der Waals surface area contributed by atoms with Crippen LogP contribution in [0.2, 0.25) is 0 Å². The molecular weight excluding hydrogens is 194 g/mol. The molecule has 0 unspecified atom stereocenters. The molecule has 0 aromatic rings. The van der Waals surface area contributed by atoms with E-state index in [-0.39, 0.29) is 5.97 Å². The van der Waals surface area contributed by atoms with E-state index in [1.54, 1.807) is 20.1 Å². The van der Waals surface area contributed by atoms with Crippen LogP contribution in [-0.2, 0) is 14.3 Å². The molecule has 0 saturated heterocycles. The van der Waals surface area contributed by atoms with Crippen molar-refractivity contribution in [1.29, 1.82) is 0 Å². The largest absolute Gasteiger partial charge is 0.483 e. The van der Waals surface area contributed by atoms with Crippen LogP contribution in [0.15, 0.2) is 35.8 Å². The molecule has 0 atom stereocenters. The van der Waals surface area contributed by atoms with Gasteiger partial charge in [-0.05, 0) is 18.6 Å². The fourth-order valence-electron chi connectivity index (χ4n) is 1.11. The molecular formula is C11H15NO3. The monoisotopic (exact) mass is 209 g/mol. The molecule has 4 heteroatoms. The van der Waals surface area contributed by atoms with Crippen molar-refractivity contribution in [3.8, 4) is 0 Å². The zero-order valence-electron chi connectivity index (χ0n) is 8.95. The van der Waals surface area contributed by atoms with Crippen molar-refractivity contribution in [2.75, 3.05) is 20.3 Å². The van der Waals surface area contributed by atoms with E-state index in [0.29, 0.717) is 13.2 Å². The van der Waals surface area contributed by atoms with Crippen LogP contribution < -0.4 is 5.32 Å². The summed E-state index contributed by atoms with van der Waals surface area (Å²) >= 11 is 0. The van der Waals surface area contributed by atoms with E-state index >= 15 is 0 Å². The van der Waals surface area contributed by atoms with Crippen molar-refractivity contribution in [2.24, 2.45) is 0 Å². The van der Waals surface area contributed by atoms with Crippen molar-refractivity contribution in [3.05, 3.63) is 35.8 Å². The third kappa shape index (κ3) is 3.89. The second-order valence-corrected chi connectivity index (χ2v) is 2.92. The van der Waals surface area contributed by atoms with E-state index in [0.717, 1.165) is 11.5 Å². The normalized spacial score (nSPS) is 15.3. The Morgan fingerprint density at radius 3 is 2.93 bits per heavy atom. The average molecular weight is 209 g/mol. The summed E-state index contributed by atoms with van der Waals surface area (Å²) in [6.07, 6.45) is 6.86. The SMILES string of the molecule is CCOC(=O)/C=C/C1=CC=C(OC)NC1. The lowest BCUT2D eigenvalue weighted by atomic mass is 10.2. The number of carbonyl (C=O) groups is 1. The van der Waals surface area contributed by atoms with Crippen molar-refractivity contribution < 1.29 is 14.3 Å². The number of esters is 1. The average Bonchev–Trinajstić information content (AvgIpc) is 2.27. The minimum absolute atomic E-state index is 0.320. The van der Waals surface area contributed by atoms with Gasteiger partial charge in [0.15, 0.2) is 5.88 Å². The first-order chi connectivity index (χ1) is 7.26. The topological polar surface area (TPSA) is 47.6 Å². The van der Waals surface area contributed by atoms with Crippen LogP contribution in [0.4, 0.5) is 0 Å². The van der Waals surface area contributed by atoms with Crippen LogP contribution in [0.25, 0.3) is 0 Å². The number of ether oxygens (including phenoxy) is 2. The summed E-state index contributed by atoms with van der Waals surface area (Å²) in [6.45, 7) is 2.82. The Balaban J connectivity index is 2.50. The van der Waals surface area contributed by atoms with Crippen LogP contribution >= 0.6 is 0 Å². The van der Waals surface area contributed by atoms with Gasteiger partial charge in [0.05, 0.1) is 13.7 Å². The molecule has 1 rings (SSSR count). The molecule has 15 heavy (non-hydrogen) atoms. The van der Waals surface area contributed by atoms with Gasteiger partial charge in [0, 0.05) is 12.6 Å². The molecule has 0 aromatic carbocycles. The van der Waals surface area contributed by atoms with Crippen molar-refractivity contribution >= 4 is 5.97 Å². The minimum atomic E-state index is -0.320. The van der Waals surface area contributed by atoms with Crippen LogP contribution in [0.3, 0.4) is 0 Å². The quantitative estimate of drug-likeness (QED) is 0.557. The fourth-order valence-corrected chi connectivity index (χ4v) is 1.11. The van der Waals surface area contributed by atoms with Gasteiger partial charge in [0.1, 0.15) is 0 Å². The lowest BCUT2D eigenvalue weighted by molar-refractivity contribution is -0.137. The van der Waals surface area contributed by atoms with Crippen molar-refractivity contribution in [3.63, 3.8) is 0 Å². The van der Waals surface area contributed by atoms with Gasteiger partial charge in [-0.1, -0.05) is 12.2 Å². The Morgan fingerprint density at radius 2 is 2.40 bits per heavy atom. The van der Waals surface area contributed by atoms with E-state index < -0.39 is 0 Å². The minimum Gasteiger partial charge on any atom is -0.483 e. The summed E-state index contributed by atoms with van der Waals surface area (Å²) in [6, 6.07) is 0. The molecule has 1 aliphatic rings. The Kier molecular flexibility index (Phi) is 4.47. The second kappa shape index (κ2) is 5.90. The first-order valence-corrected chi connectivity index (χ1v) is 4.79. The van der Waals surface area contributed by atoms with E-state index in [9.17, 15) is 4.79 Å². The van der Waals surface area contributed by atoms with Gasteiger partial charge in [-0.2, -0.15) is 0 Å². The van der Waals surface area contributed by atoms with Crippen LogP contribution in [0.5, 0.6) is 0 Å². The van der Waals surface area contributed by atoms with Crippen LogP contribution in [0.1, 0.15) is 6.92 Å². The highest BCUT2D eigenvalue weighted by molar-refractivity contribution is 5.82. The van der Waals surface area contributed by atoms with Gasteiger partial charge in [0.2, 0.25) is 0 Å². The molecule has 1 heterocycles. The molecule has 4 nitrogen and oxygen atoms in total. The molecule has 0 spiro atoms. The number of dihydropyridines is 1. The molecule has 0 radical (unpaired) electrons. The summed E-state index contributed by atoms with van der Waals surface area (Å²) in [5, 5.41) is 3.04. The van der Waals surface area contributed by atoms with E-state index in [2.05, 4.69) is 5.32 Å². The van der Waals surface area contributed by atoms with Crippen molar-refractivity contribution in [2.45, 2.75) is 6.92 Å². The number of carbonyl (C=O) groups excluding carboxylic acids is 1. The molecule has 0 saturated carbocycles. The molecule has 0 bridgehead atoms. The summed E-state index contributed by atoms with van der Waals surface area (Å²) in [7, 11) is 1.60. The van der Waals surface area contributed by atoms with Gasteiger partial charge < -0.3 is 14.8 Å². The van der Waals surface area contributed by atoms with Gasteiger partial charge in [-0.3, -0.25) is 0 Å². The van der Waals surface area contributed by atoms with Crippen molar-refractivity contribution in [1.82, 2.24) is 5.32 Å². The predicted molar refractivity (Wildman–Crippen MR) is 57.0 cm³/mol. The summed E-state index contributed by atoms with van der Waals surface area (Å²) in [5.41, 5.74) is 1.00. The maximum atomic E-state index is 11.0. The zero-order valence-corrected chi connectivity index (χ0v) is 8.95. The summed E-state index contributed by atoms with van der Waals surface area (Å²) < 4.78 is 9.76. The standard InChI is InChI=1S/C11H15NO3/c1-3-15-11(13)7-5-9-4-6-10(14-2)12-8-9/h4-7,12H,3,8H2,1-2H3/b7-5+. The molecule has 1 N–H and O–H groups in total. The smallest absolute Gasteiger partial charge is 0.330 e. The van der Waals surface area contributed by atoms with E-state index in [1.807, 2.05) is 12.2 Å². The molecule has 0 aromatic heterocycles. The molecule has 0 aliphatic carbocycles. The molecule has 1 aliphatic heterocycles. The van der Waals surface area contributed by atoms with Gasteiger partial charge >= 0.3 is 5.97 Å². The Labute approximate surface area is 89.3 Å². The zero-order chi connectivity index (χ0) is 11.1. The van der Waals surface area contributed by atoms with Crippen LogP contribution in [0, 0.1) is 0 Å². The highest BCUT2D eigenvalue weighted by Gasteiger charge is 2.02. The third-order valence-corrected chi connectivity index (χ3v) is 1.86.